The molecule has 2 heterocycles. The van der Waals surface area contributed by atoms with E-state index in [1.54, 1.807) is 0 Å². The van der Waals surface area contributed by atoms with Gasteiger partial charge in [0.2, 0.25) is 0 Å². The molecule has 0 amide bonds. The summed E-state index contributed by atoms with van der Waals surface area (Å²) in [5.74, 6) is 1.47. The highest BCUT2D eigenvalue weighted by atomic mass is 16.3. The first kappa shape index (κ1) is 25.5. The van der Waals surface area contributed by atoms with Crippen molar-refractivity contribution in [1.29, 1.82) is 0 Å². The molecule has 1 unspecified atom stereocenters. The van der Waals surface area contributed by atoms with Crippen LogP contribution in [-0.2, 0) is 0 Å². The lowest BCUT2D eigenvalue weighted by Crippen LogP contribution is -2.33. The minimum absolute atomic E-state index is 0.313. The molecule has 45 heavy (non-hydrogen) atoms. The van der Waals surface area contributed by atoms with E-state index in [0.717, 1.165) is 55.6 Å². The Kier molecular flexibility index (Phi) is 5.85. The van der Waals surface area contributed by atoms with Gasteiger partial charge in [-0.2, -0.15) is 0 Å². The van der Waals surface area contributed by atoms with Crippen LogP contribution in [0, 0.1) is 0 Å². The van der Waals surface area contributed by atoms with Crippen LogP contribution in [0.25, 0.3) is 54.6 Å². The number of furan rings is 1. The predicted molar refractivity (Wildman–Crippen MR) is 186 cm³/mol. The van der Waals surface area contributed by atoms with Crippen molar-refractivity contribution in [3.63, 3.8) is 0 Å². The maximum Gasteiger partial charge on any atom is 0.160 e. The van der Waals surface area contributed by atoms with E-state index in [1.807, 2.05) is 30.3 Å². The molecule has 0 radical (unpaired) electrons. The number of nitrogens with zero attached hydrogens (tertiary/aromatic N) is 2. The standard InChI is InChI=1S/C41H27N3O/c1-2-12-28(13-3-1)39-42-40(33-17-8-15-27-11-6-7-16-32(27)33)44-41(43-39)35-18-9-19-36-38(35)34-23-22-31(25-37(34)45-36)30-21-20-26-10-4-5-14-29(26)24-30/h1-25,40H,(H,42,43,44). The summed E-state index contributed by atoms with van der Waals surface area (Å²) >= 11 is 0. The van der Waals surface area contributed by atoms with Gasteiger partial charge in [-0.1, -0.05) is 127 Å². The zero-order chi connectivity index (χ0) is 29.7. The van der Waals surface area contributed by atoms with Crippen LogP contribution in [0.2, 0.25) is 0 Å². The van der Waals surface area contributed by atoms with E-state index in [2.05, 4.69) is 127 Å². The van der Waals surface area contributed by atoms with Crippen LogP contribution in [0.4, 0.5) is 0 Å². The molecule has 1 atom stereocenters. The Morgan fingerprint density at radius 2 is 1.24 bits per heavy atom. The topological polar surface area (TPSA) is 49.9 Å². The number of hydrogen-bond acceptors (Lipinski definition) is 4. The van der Waals surface area contributed by atoms with Gasteiger partial charge in [0.15, 0.2) is 5.84 Å². The van der Waals surface area contributed by atoms with Crippen LogP contribution in [0.15, 0.2) is 166 Å². The largest absolute Gasteiger partial charge is 0.456 e. The number of rotatable bonds is 4. The fraction of sp³-hybridized carbons (Fsp3) is 0.0244. The lowest BCUT2D eigenvalue weighted by atomic mass is 9.99. The van der Waals surface area contributed by atoms with Crippen LogP contribution < -0.4 is 5.32 Å². The van der Waals surface area contributed by atoms with Crippen LogP contribution in [0.1, 0.15) is 22.9 Å². The van der Waals surface area contributed by atoms with E-state index >= 15 is 0 Å². The number of amidine groups is 2. The quantitative estimate of drug-likeness (QED) is 0.226. The summed E-state index contributed by atoms with van der Waals surface area (Å²) < 4.78 is 6.50. The number of nitrogens with one attached hydrogen (secondary N) is 1. The zero-order valence-corrected chi connectivity index (χ0v) is 24.3. The molecule has 0 spiro atoms. The second-order valence-electron chi connectivity index (χ2n) is 11.4. The van der Waals surface area contributed by atoms with E-state index in [1.165, 1.54) is 21.5 Å². The van der Waals surface area contributed by atoms with Crippen molar-refractivity contribution in [3.8, 4) is 11.1 Å². The van der Waals surface area contributed by atoms with Gasteiger partial charge in [0.25, 0.3) is 0 Å². The number of fused-ring (bicyclic) bond motifs is 5. The van der Waals surface area contributed by atoms with E-state index in [4.69, 9.17) is 14.4 Å². The average molecular weight is 578 g/mol. The Bertz CT molecular complexity index is 2470. The molecule has 1 N–H and O–H groups in total. The van der Waals surface area contributed by atoms with Crippen LogP contribution >= 0.6 is 0 Å². The first-order chi connectivity index (χ1) is 22.3. The molecule has 212 valence electrons. The molecular weight excluding hydrogens is 550 g/mol. The monoisotopic (exact) mass is 577 g/mol. The maximum absolute atomic E-state index is 6.50. The second-order valence-corrected chi connectivity index (χ2v) is 11.4. The summed E-state index contributed by atoms with van der Waals surface area (Å²) in [5, 5.41) is 10.5. The van der Waals surface area contributed by atoms with Gasteiger partial charge in [0.1, 0.15) is 23.2 Å². The molecule has 0 saturated heterocycles. The highest BCUT2D eigenvalue weighted by Crippen LogP contribution is 2.36. The minimum Gasteiger partial charge on any atom is -0.456 e. The first-order valence-electron chi connectivity index (χ1n) is 15.2. The smallest absolute Gasteiger partial charge is 0.160 e. The van der Waals surface area contributed by atoms with Crippen molar-refractivity contribution >= 4 is 55.2 Å². The van der Waals surface area contributed by atoms with Crippen molar-refractivity contribution in [3.05, 3.63) is 168 Å². The average Bonchev–Trinajstić information content (AvgIpc) is 3.49. The third kappa shape index (κ3) is 4.38. The molecule has 0 aliphatic carbocycles. The fourth-order valence-corrected chi connectivity index (χ4v) is 6.52. The van der Waals surface area contributed by atoms with Gasteiger partial charge in [-0.05, 0) is 56.9 Å². The zero-order valence-electron chi connectivity index (χ0n) is 24.3. The fourth-order valence-electron chi connectivity index (χ4n) is 6.52. The molecule has 9 rings (SSSR count). The normalized spacial score (nSPS) is 14.9. The summed E-state index contributed by atoms with van der Waals surface area (Å²) in [7, 11) is 0. The summed E-state index contributed by atoms with van der Waals surface area (Å²) in [6.07, 6.45) is -0.313. The van der Waals surface area contributed by atoms with Crippen molar-refractivity contribution in [1.82, 2.24) is 5.32 Å². The van der Waals surface area contributed by atoms with Crippen molar-refractivity contribution < 1.29 is 4.42 Å². The van der Waals surface area contributed by atoms with Gasteiger partial charge in [0, 0.05) is 27.5 Å². The molecule has 1 aliphatic heterocycles. The molecule has 8 aromatic rings. The summed E-state index contributed by atoms with van der Waals surface area (Å²) in [6, 6.07) is 52.8. The van der Waals surface area contributed by atoms with Crippen LogP contribution in [0.5, 0.6) is 0 Å². The lowest BCUT2D eigenvalue weighted by molar-refractivity contribution is 0.668. The highest BCUT2D eigenvalue weighted by Gasteiger charge is 2.24. The number of benzene rings is 7. The van der Waals surface area contributed by atoms with Crippen LogP contribution in [-0.4, -0.2) is 11.7 Å². The molecule has 1 aromatic heterocycles. The van der Waals surface area contributed by atoms with Crippen LogP contribution in [0.3, 0.4) is 0 Å². The molecule has 4 nitrogen and oxygen atoms in total. The Morgan fingerprint density at radius 1 is 0.511 bits per heavy atom. The third-order valence-corrected chi connectivity index (χ3v) is 8.73. The van der Waals surface area contributed by atoms with Gasteiger partial charge in [0.05, 0.1) is 0 Å². The molecule has 7 aromatic carbocycles. The molecule has 0 fully saturated rings. The summed E-state index contributed by atoms with van der Waals surface area (Å²) in [5.41, 5.74) is 7.01. The summed E-state index contributed by atoms with van der Waals surface area (Å²) in [6.45, 7) is 0. The Hall–Kier alpha value is -6.00. The lowest BCUT2D eigenvalue weighted by Gasteiger charge is -2.24. The van der Waals surface area contributed by atoms with E-state index in [0.29, 0.717) is 5.84 Å². The maximum atomic E-state index is 6.50. The molecule has 0 bridgehead atoms. The third-order valence-electron chi connectivity index (χ3n) is 8.73. The van der Waals surface area contributed by atoms with E-state index in [9.17, 15) is 0 Å². The van der Waals surface area contributed by atoms with Crippen molar-refractivity contribution in [2.24, 2.45) is 9.98 Å². The molecule has 0 saturated carbocycles. The van der Waals surface area contributed by atoms with Gasteiger partial charge in [-0.3, -0.25) is 0 Å². The van der Waals surface area contributed by atoms with E-state index < -0.39 is 0 Å². The number of aliphatic imine (C=N–C) groups is 2. The van der Waals surface area contributed by atoms with E-state index in [-0.39, 0.29) is 6.17 Å². The van der Waals surface area contributed by atoms with Gasteiger partial charge < -0.3 is 9.73 Å². The Balaban J connectivity index is 1.21. The van der Waals surface area contributed by atoms with Crippen molar-refractivity contribution in [2.75, 3.05) is 0 Å². The Labute approximate surface area is 260 Å². The molecular formula is C41H27N3O. The Morgan fingerprint density at radius 3 is 2.16 bits per heavy atom. The minimum atomic E-state index is -0.313. The molecule has 4 heteroatoms. The predicted octanol–water partition coefficient (Wildman–Crippen LogP) is 10.1. The highest BCUT2D eigenvalue weighted by molar-refractivity contribution is 6.22. The summed E-state index contributed by atoms with van der Waals surface area (Å²) in [4.78, 5) is 10.4. The second kappa shape index (κ2) is 10.3. The SMILES string of the molecule is c1ccc(C2=NC(c3cccc4oc5cc(-c6ccc7ccccc7c6)ccc5c34)=NC(c3cccc4ccccc34)N2)cc1. The number of hydrogen-bond donors (Lipinski definition) is 1. The van der Waals surface area contributed by atoms with Crippen molar-refractivity contribution in [2.45, 2.75) is 6.17 Å². The van der Waals surface area contributed by atoms with Gasteiger partial charge >= 0.3 is 0 Å². The first-order valence-corrected chi connectivity index (χ1v) is 15.2. The van der Waals surface area contributed by atoms with Gasteiger partial charge in [-0.25, -0.2) is 9.98 Å². The van der Waals surface area contributed by atoms with Gasteiger partial charge in [-0.15, -0.1) is 0 Å². The molecule has 1 aliphatic rings.